The van der Waals surface area contributed by atoms with Crippen molar-refractivity contribution in [1.29, 1.82) is 0 Å². The second kappa shape index (κ2) is 7.11. The highest BCUT2D eigenvalue weighted by atomic mass is 19.1. The molecule has 0 unspecified atom stereocenters. The summed E-state index contributed by atoms with van der Waals surface area (Å²) < 4.78 is 13.2. The Labute approximate surface area is 146 Å². The predicted octanol–water partition coefficient (Wildman–Crippen LogP) is 2.53. The zero-order valence-corrected chi connectivity index (χ0v) is 14.0. The maximum absolute atomic E-state index is 13.2. The van der Waals surface area contributed by atoms with Crippen LogP contribution in [0, 0.1) is 5.82 Å². The summed E-state index contributed by atoms with van der Waals surface area (Å²) >= 11 is 0. The predicted molar refractivity (Wildman–Crippen MR) is 96.1 cm³/mol. The average molecular weight is 337 g/mol. The number of nitrogens with zero attached hydrogens (tertiary/aromatic N) is 5. The van der Waals surface area contributed by atoms with Crippen molar-refractivity contribution >= 4 is 16.6 Å². The number of rotatable bonds is 4. The van der Waals surface area contributed by atoms with Crippen molar-refractivity contribution < 1.29 is 4.39 Å². The number of halogens is 1. The molecule has 3 aromatic rings. The van der Waals surface area contributed by atoms with Crippen LogP contribution in [0.3, 0.4) is 0 Å². The molecule has 0 N–H and O–H groups in total. The van der Waals surface area contributed by atoms with Gasteiger partial charge in [-0.15, -0.1) is 5.10 Å². The van der Waals surface area contributed by atoms with Crippen LogP contribution >= 0.6 is 0 Å². The van der Waals surface area contributed by atoms with Crippen LogP contribution in [0.5, 0.6) is 0 Å². The van der Waals surface area contributed by atoms with Crippen LogP contribution < -0.4 is 4.90 Å². The Balaban J connectivity index is 1.38. The molecule has 1 fully saturated rings. The molecule has 3 heterocycles. The molecule has 0 saturated carbocycles. The highest BCUT2D eigenvalue weighted by Crippen LogP contribution is 2.24. The summed E-state index contributed by atoms with van der Waals surface area (Å²) in [7, 11) is 0. The second-order valence-corrected chi connectivity index (χ2v) is 6.35. The molecule has 1 aliphatic heterocycles. The van der Waals surface area contributed by atoms with Crippen LogP contribution in [0.2, 0.25) is 0 Å². The molecule has 5 nitrogen and oxygen atoms in total. The molecule has 4 rings (SSSR count). The molecule has 6 heteroatoms. The minimum absolute atomic E-state index is 0.267. The van der Waals surface area contributed by atoms with Gasteiger partial charge in [0.25, 0.3) is 0 Å². The summed E-state index contributed by atoms with van der Waals surface area (Å²) in [6.07, 6.45) is 5.61. The van der Waals surface area contributed by atoms with Gasteiger partial charge in [0, 0.05) is 49.7 Å². The Bertz CT molecular complexity index is 856. The van der Waals surface area contributed by atoms with Gasteiger partial charge in [-0.3, -0.25) is 9.88 Å². The molecule has 1 aliphatic rings. The fraction of sp³-hybridized carbons (Fsp3) is 0.316. The van der Waals surface area contributed by atoms with Gasteiger partial charge >= 0.3 is 0 Å². The highest BCUT2D eigenvalue weighted by molar-refractivity contribution is 5.91. The Morgan fingerprint density at radius 1 is 1.00 bits per heavy atom. The van der Waals surface area contributed by atoms with Crippen LogP contribution in [-0.2, 0) is 6.42 Å². The van der Waals surface area contributed by atoms with E-state index < -0.39 is 0 Å². The van der Waals surface area contributed by atoms with Gasteiger partial charge in [0.05, 0.1) is 12.4 Å². The number of benzene rings is 1. The fourth-order valence-corrected chi connectivity index (χ4v) is 3.31. The molecule has 0 radical (unpaired) electrons. The molecule has 0 spiro atoms. The van der Waals surface area contributed by atoms with Crippen LogP contribution in [0.15, 0.2) is 48.9 Å². The van der Waals surface area contributed by atoms with E-state index >= 15 is 0 Å². The molecule has 0 bridgehead atoms. The third kappa shape index (κ3) is 3.58. The highest BCUT2D eigenvalue weighted by Gasteiger charge is 2.19. The van der Waals surface area contributed by atoms with Gasteiger partial charge < -0.3 is 4.90 Å². The van der Waals surface area contributed by atoms with Gasteiger partial charge in [-0.2, -0.15) is 5.10 Å². The summed E-state index contributed by atoms with van der Waals surface area (Å²) in [6, 6.07) is 9.79. The first-order valence-corrected chi connectivity index (χ1v) is 8.57. The minimum Gasteiger partial charge on any atom is -0.352 e. The molecule has 0 atom stereocenters. The van der Waals surface area contributed by atoms with Crippen molar-refractivity contribution in [3.8, 4) is 0 Å². The first kappa shape index (κ1) is 15.9. The zero-order valence-electron chi connectivity index (χ0n) is 14.0. The van der Waals surface area contributed by atoms with Gasteiger partial charge in [0.15, 0.2) is 5.82 Å². The standard InChI is InChI=1S/C19H20FN5/c20-17-11-15(12-21-14-17)5-6-24-7-9-25(10-8-24)19-18-4-2-1-3-16(18)13-22-23-19/h1-4,11-14H,5-10H2. The molecular weight excluding hydrogens is 317 g/mol. The van der Waals surface area contributed by atoms with Gasteiger partial charge in [-0.1, -0.05) is 24.3 Å². The van der Waals surface area contributed by atoms with E-state index in [0.717, 1.165) is 61.3 Å². The minimum atomic E-state index is -0.267. The van der Waals surface area contributed by atoms with Crippen LogP contribution in [0.4, 0.5) is 10.2 Å². The van der Waals surface area contributed by atoms with Crippen molar-refractivity contribution in [1.82, 2.24) is 20.1 Å². The topological polar surface area (TPSA) is 45.2 Å². The lowest BCUT2D eigenvalue weighted by Gasteiger charge is -2.35. The van der Waals surface area contributed by atoms with E-state index in [4.69, 9.17) is 0 Å². The SMILES string of the molecule is Fc1cncc(CCN2CCN(c3nncc4ccccc34)CC2)c1. The number of anilines is 1. The maximum atomic E-state index is 13.2. The third-order valence-electron chi connectivity index (χ3n) is 4.70. The van der Waals surface area contributed by atoms with Gasteiger partial charge in [0.2, 0.25) is 0 Å². The van der Waals surface area contributed by atoms with Crippen LogP contribution in [0.1, 0.15) is 5.56 Å². The Hall–Kier alpha value is -2.60. The van der Waals surface area contributed by atoms with Crippen LogP contribution in [-0.4, -0.2) is 52.8 Å². The first-order valence-electron chi connectivity index (χ1n) is 8.57. The smallest absolute Gasteiger partial charge is 0.159 e. The van der Waals surface area contributed by atoms with Crippen molar-refractivity contribution in [3.05, 3.63) is 60.3 Å². The number of piperazine rings is 1. The summed E-state index contributed by atoms with van der Waals surface area (Å²) in [5.41, 5.74) is 0.947. The van der Waals surface area contributed by atoms with E-state index in [-0.39, 0.29) is 5.82 Å². The van der Waals surface area contributed by atoms with E-state index in [0.29, 0.717) is 0 Å². The van der Waals surface area contributed by atoms with E-state index in [1.165, 1.54) is 6.20 Å². The van der Waals surface area contributed by atoms with Crippen molar-refractivity contribution in [2.45, 2.75) is 6.42 Å². The molecule has 0 amide bonds. The monoisotopic (exact) mass is 337 g/mol. The van der Waals surface area contributed by atoms with Crippen molar-refractivity contribution in [3.63, 3.8) is 0 Å². The molecule has 25 heavy (non-hydrogen) atoms. The Kier molecular flexibility index (Phi) is 4.52. The zero-order chi connectivity index (χ0) is 17.1. The molecular formula is C19H20FN5. The number of hydrogen-bond donors (Lipinski definition) is 0. The quantitative estimate of drug-likeness (QED) is 0.732. The molecule has 0 aliphatic carbocycles. The lowest BCUT2D eigenvalue weighted by Crippen LogP contribution is -2.47. The van der Waals surface area contributed by atoms with Crippen molar-refractivity contribution in [2.75, 3.05) is 37.6 Å². The number of pyridine rings is 1. The molecule has 1 saturated heterocycles. The molecule has 128 valence electrons. The molecule has 2 aromatic heterocycles. The van der Waals surface area contributed by atoms with E-state index in [9.17, 15) is 4.39 Å². The van der Waals surface area contributed by atoms with Crippen molar-refractivity contribution in [2.24, 2.45) is 0 Å². The molecule has 1 aromatic carbocycles. The van der Waals surface area contributed by atoms with Gasteiger partial charge in [-0.05, 0) is 18.1 Å². The lowest BCUT2D eigenvalue weighted by atomic mass is 10.1. The summed E-state index contributed by atoms with van der Waals surface area (Å²) in [4.78, 5) is 8.62. The summed E-state index contributed by atoms with van der Waals surface area (Å²) in [6.45, 7) is 4.69. The Morgan fingerprint density at radius 3 is 2.68 bits per heavy atom. The summed E-state index contributed by atoms with van der Waals surface area (Å²) in [5, 5.41) is 10.8. The maximum Gasteiger partial charge on any atom is 0.159 e. The second-order valence-electron chi connectivity index (χ2n) is 6.35. The summed E-state index contributed by atoms with van der Waals surface area (Å²) in [5.74, 6) is 0.698. The number of hydrogen-bond acceptors (Lipinski definition) is 5. The average Bonchev–Trinajstić information content (AvgIpc) is 2.66. The largest absolute Gasteiger partial charge is 0.352 e. The lowest BCUT2D eigenvalue weighted by molar-refractivity contribution is 0.260. The first-order chi connectivity index (χ1) is 12.3. The van der Waals surface area contributed by atoms with Gasteiger partial charge in [0.1, 0.15) is 5.82 Å². The number of aromatic nitrogens is 3. The van der Waals surface area contributed by atoms with E-state index in [2.05, 4.69) is 37.1 Å². The van der Waals surface area contributed by atoms with Gasteiger partial charge in [-0.25, -0.2) is 4.39 Å². The fourth-order valence-electron chi connectivity index (χ4n) is 3.31. The van der Waals surface area contributed by atoms with E-state index in [1.54, 1.807) is 12.3 Å². The third-order valence-corrected chi connectivity index (χ3v) is 4.70. The van der Waals surface area contributed by atoms with E-state index in [1.807, 2.05) is 18.3 Å². The Morgan fingerprint density at radius 2 is 1.84 bits per heavy atom. The number of fused-ring (bicyclic) bond motifs is 1. The normalized spacial score (nSPS) is 15.6. The van der Waals surface area contributed by atoms with Crippen LogP contribution in [0.25, 0.3) is 10.8 Å².